The third-order valence-corrected chi connectivity index (χ3v) is 7.23. The molecule has 0 radical (unpaired) electrons. The molecule has 4 heterocycles. The lowest BCUT2D eigenvalue weighted by Gasteiger charge is -2.38. The number of benzene rings is 1. The van der Waals surface area contributed by atoms with E-state index in [2.05, 4.69) is 0 Å². The molecule has 33 heavy (non-hydrogen) atoms. The van der Waals surface area contributed by atoms with Gasteiger partial charge < -0.3 is 24.4 Å². The summed E-state index contributed by atoms with van der Waals surface area (Å²) in [7, 11) is 0. The van der Waals surface area contributed by atoms with Crippen LogP contribution in [0.3, 0.4) is 0 Å². The first kappa shape index (κ1) is 21.9. The highest BCUT2D eigenvalue weighted by Crippen LogP contribution is 2.53. The van der Waals surface area contributed by atoms with Gasteiger partial charge in [0, 0.05) is 13.1 Å². The molecule has 0 bridgehead atoms. The molecule has 1 aromatic rings. The van der Waals surface area contributed by atoms with E-state index in [0.29, 0.717) is 19.5 Å². The number of esters is 1. The van der Waals surface area contributed by atoms with Crippen molar-refractivity contribution in [2.24, 2.45) is 11.8 Å². The van der Waals surface area contributed by atoms with Crippen molar-refractivity contribution >= 4 is 17.8 Å². The first-order chi connectivity index (χ1) is 16.0. The second-order valence-corrected chi connectivity index (χ2v) is 9.00. The standard InChI is InChI=1S/C25H28N2O6/c1-2-17(15-28)27-21-23(30)26(14-16-8-4-3-5-9-16)12-7-11-25(21)20(22(27)29)19-18(33-25)10-6-13-32-24(19)31/h3-11,17-21,28H,2,12-15H2,1H3/t17-,18-,19+,20-,21?,25-/m0/s1. The van der Waals surface area contributed by atoms with Gasteiger partial charge in [-0.25, -0.2) is 0 Å². The lowest BCUT2D eigenvalue weighted by molar-refractivity contribution is -0.155. The zero-order chi connectivity index (χ0) is 23.2. The lowest BCUT2D eigenvalue weighted by Crippen LogP contribution is -2.57. The van der Waals surface area contributed by atoms with Gasteiger partial charge in [-0.2, -0.15) is 0 Å². The summed E-state index contributed by atoms with van der Waals surface area (Å²) in [5.74, 6) is -2.82. The number of aliphatic hydroxyl groups excluding tert-OH is 1. The van der Waals surface area contributed by atoms with Crippen molar-refractivity contribution in [2.75, 3.05) is 19.8 Å². The van der Waals surface area contributed by atoms with Crippen molar-refractivity contribution in [1.82, 2.24) is 9.80 Å². The number of rotatable bonds is 5. The average Bonchev–Trinajstić information content (AvgIpc) is 3.13. The molecular weight excluding hydrogens is 424 g/mol. The molecule has 1 N–H and O–H groups in total. The molecule has 2 saturated heterocycles. The van der Waals surface area contributed by atoms with Gasteiger partial charge in [-0.05, 0) is 18.1 Å². The number of aliphatic hydroxyl groups is 1. The van der Waals surface area contributed by atoms with Crippen LogP contribution in [0.1, 0.15) is 18.9 Å². The summed E-state index contributed by atoms with van der Waals surface area (Å²) in [5, 5.41) is 10.1. The van der Waals surface area contributed by atoms with Crippen LogP contribution in [0.4, 0.5) is 0 Å². The summed E-state index contributed by atoms with van der Waals surface area (Å²) in [5.41, 5.74) is -0.320. The highest BCUT2D eigenvalue weighted by atomic mass is 16.6. The second kappa shape index (κ2) is 8.43. The third kappa shape index (κ3) is 3.31. The Bertz CT molecular complexity index is 1000. The van der Waals surface area contributed by atoms with Crippen LogP contribution >= 0.6 is 0 Å². The number of nitrogens with zero attached hydrogens (tertiary/aromatic N) is 2. The first-order valence-electron chi connectivity index (χ1n) is 11.5. The van der Waals surface area contributed by atoms with E-state index in [4.69, 9.17) is 9.47 Å². The highest BCUT2D eigenvalue weighted by Gasteiger charge is 2.72. The Labute approximate surface area is 192 Å². The Morgan fingerprint density at radius 1 is 1.15 bits per heavy atom. The van der Waals surface area contributed by atoms with E-state index in [9.17, 15) is 19.5 Å². The van der Waals surface area contributed by atoms with Gasteiger partial charge in [-0.1, -0.05) is 55.5 Å². The van der Waals surface area contributed by atoms with E-state index in [1.54, 1.807) is 23.1 Å². The summed E-state index contributed by atoms with van der Waals surface area (Å²) >= 11 is 0. The molecule has 0 saturated carbocycles. The topological polar surface area (TPSA) is 96.4 Å². The first-order valence-corrected chi connectivity index (χ1v) is 11.5. The smallest absolute Gasteiger partial charge is 0.313 e. The zero-order valence-corrected chi connectivity index (χ0v) is 18.5. The van der Waals surface area contributed by atoms with Crippen LogP contribution in [0.2, 0.25) is 0 Å². The van der Waals surface area contributed by atoms with Gasteiger partial charge >= 0.3 is 5.97 Å². The molecule has 5 rings (SSSR count). The fourth-order valence-corrected chi connectivity index (χ4v) is 5.71. The molecule has 8 nitrogen and oxygen atoms in total. The van der Waals surface area contributed by atoms with Crippen LogP contribution in [0.25, 0.3) is 0 Å². The SMILES string of the molecule is CC[C@@H](CO)N1C(=O)[C@@H]2[C@@H]3C(=O)OCC=C[C@@H]3O[C@@]23C=CCN(Cc2ccccc2)C(=O)C13. The summed E-state index contributed by atoms with van der Waals surface area (Å²) in [6.07, 6.45) is 6.94. The number of ether oxygens (including phenoxy) is 2. The monoisotopic (exact) mass is 452 g/mol. The molecule has 2 amide bonds. The Morgan fingerprint density at radius 3 is 2.67 bits per heavy atom. The maximum Gasteiger partial charge on any atom is 0.313 e. The van der Waals surface area contributed by atoms with Gasteiger partial charge in [0.1, 0.15) is 24.2 Å². The molecule has 1 aromatic carbocycles. The Kier molecular flexibility index (Phi) is 5.58. The highest BCUT2D eigenvalue weighted by molar-refractivity contribution is 5.99. The molecule has 174 valence electrons. The number of carbonyl (C=O) groups excluding carboxylic acids is 3. The summed E-state index contributed by atoms with van der Waals surface area (Å²) in [6.45, 7) is 2.45. The zero-order valence-electron chi connectivity index (χ0n) is 18.5. The van der Waals surface area contributed by atoms with Crippen LogP contribution in [-0.4, -0.2) is 76.2 Å². The van der Waals surface area contributed by atoms with Crippen molar-refractivity contribution in [3.05, 3.63) is 60.2 Å². The van der Waals surface area contributed by atoms with Gasteiger partial charge in [0.25, 0.3) is 0 Å². The van der Waals surface area contributed by atoms with Crippen LogP contribution < -0.4 is 0 Å². The molecule has 0 aromatic heterocycles. The van der Waals surface area contributed by atoms with Gasteiger partial charge in [-0.3, -0.25) is 14.4 Å². The molecule has 1 spiro atoms. The Morgan fingerprint density at radius 2 is 1.94 bits per heavy atom. The molecule has 4 aliphatic rings. The van der Waals surface area contributed by atoms with E-state index >= 15 is 0 Å². The van der Waals surface area contributed by atoms with Gasteiger partial charge in [0.05, 0.1) is 24.7 Å². The van der Waals surface area contributed by atoms with Crippen LogP contribution in [0.15, 0.2) is 54.6 Å². The molecular formula is C25H28N2O6. The van der Waals surface area contributed by atoms with Crippen molar-refractivity contribution in [2.45, 2.75) is 43.7 Å². The van der Waals surface area contributed by atoms with E-state index in [1.165, 1.54) is 4.90 Å². The number of hydrogen-bond donors (Lipinski definition) is 1. The van der Waals surface area contributed by atoms with Gasteiger partial charge in [0.2, 0.25) is 11.8 Å². The number of likely N-dealkylation sites (tertiary alicyclic amines) is 1. The summed E-state index contributed by atoms with van der Waals surface area (Å²) < 4.78 is 11.8. The maximum absolute atomic E-state index is 14.0. The van der Waals surface area contributed by atoms with E-state index in [-0.39, 0.29) is 25.0 Å². The number of cyclic esters (lactones) is 1. The summed E-state index contributed by atoms with van der Waals surface area (Å²) in [4.78, 5) is 43.9. The molecule has 1 unspecified atom stereocenters. The lowest BCUT2D eigenvalue weighted by atomic mass is 9.78. The fourth-order valence-electron chi connectivity index (χ4n) is 5.71. The number of carbonyl (C=O) groups is 3. The maximum atomic E-state index is 14.0. The number of fused-ring (bicyclic) bond motifs is 2. The van der Waals surface area contributed by atoms with E-state index < -0.39 is 41.6 Å². The largest absolute Gasteiger partial charge is 0.461 e. The van der Waals surface area contributed by atoms with Gasteiger partial charge in [-0.15, -0.1) is 0 Å². The number of amides is 2. The van der Waals surface area contributed by atoms with E-state index in [0.717, 1.165) is 5.56 Å². The molecule has 0 aliphatic carbocycles. The minimum Gasteiger partial charge on any atom is -0.461 e. The normalized spacial score (nSPS) is 33.8. The average molecular weight is 453 g/mol. The predicted molar refractivity (Wildman–Crippen MR) is 117 cm³/mol. The minimum atomic E-state index is -1.29. The van der Waals surface area contributed by atoms with Crippen molar-refractivity contribution < 1.29 is 29.0 Å². The third-order valence-electron chi connectivity index (χ3n) is 7.23. The fraction of sp³-hybridized carbons (Fsp3) is 0.480. The second-order valence-electron chi connectivity index (χ2n) is 9.00. The molecule has 8 heteroatoms. The summed E-state index contributed by atoms with van der Waals surface area (Å²) in [6, 6.07) is 8.13. The van der Waals surface area contributed by atoms with E-state index in [1.807, 2.05) is 43.3 Å². The minimum absolute atomic E-state index is 0.129. The molecule has 4 aliphatic heterocycles. The quantitative estimate of drug-likeness (QED) is 0.530. The van der Waals surface area contributed by atoms with Crippen LogP contribution in [0, 0.1) is 11.8 Å². The Balaban J connectivity index is 1.59. The van der Waals surface area contributed by atoms with Crippen LogP contribution in [-0.2, 0) is 30.4 Å². The Hall–Kier alpha value is -2.97. The number of hydrogen-bond acceptors (Lipinski definition) is 6. The van der Waals surface area contributed by atoms with Crippen molar-refractivity contribution in [3.63, 3.8) is 0 Å². The predicted octanol–water partition coefficient (Wildman–Crippen LogP) is 1.05. The van der Waals surface area contributed by atoms with Gasteiger partial charge in [0.15, 0.2) is 0 Å². The van der Waals surface area contributed by atoms with Crippen LogP contribution in [0.5, 0.6) is 0 Å². The van der Waals surface area contributed by atoms with Crippen molar-refractivity contribution in [3.8, 4) is 0 Å². The molecule has 6 atom stereocenters. The van der Waals surface area contributed by atoms with Crippen molar-refractivity contribution in [1.29, 1.82) is 0 Å². The molecule has 2 fully saturated rings.